The van der Waals surface area contributed by atoms with Crippen molar-refractivity contribution >= 4 is 46.0 Å². The maximum atomic E-state index is 13.3. The number of amides is 4. The molecule has 332 valence electrons. The van der Waals surface area contributed by atoms with Crippen LogP contribution in [0.5, 0.6) is 0 Å². The first-order valence-corrected chi connectivity index (χ1v) is 21.0. The number of nitrogens with zero attached hydrogens (tertiary/aromatic N) is 2. The molecule has 0 radical (unpaired) electrons. The lowest BCUT2D eigenvalue weighted by atomic mass is 9.78. The lowest BCUT2D eigenvalue weighted by Crippen LogP contribution is -3.00. The summed E-state index contributed by atoms with van der Waals surface area (Å²) in [5.41, 5.74) is 8.13. The molecule has 2 aromatic carbocycles. The monoisotopic (exact) mass is 871 g/mol. The van der Waals surface area contributed by atoms with Gasteiger partial charge in [-0.3, -0.25) is 14.4 Å². The van der Waals surface area contributed by atoms with Crippen LogP contribution in [0.3, 0.4) is 0 Å². The molecule has 2 aliphatic heterocycles. The lowest BCUT2D eigenvalue weighted by Gasteiger charge is -2.38. The Kier molecular flexibility index (Phi) is 17.7. The minimum absolute atomic E-state index is 0. The number of aliphatic hydroxyl groups excluding tert-OH is 1. The van der Waals surface area contributed by atoms with Crippen molar-refractivity contribution < 1.29 is 50.9 Å². The first-order chi connectivity index (χ1) is 27.8. The van der Waals surface area contributed by atoms with Gasteiger partial charge in [-0.15, -0.1) is 0 Å². The second-order valence-corrected chi connectivity index (χ2v) is 17.0. The van der Waals surface area contributed by atoms with Gasteiger partial charge >= 0.3 is 11.5 Å². The molecule has 6 rings (SSSR count). The van der Waals surface area contributed by atoms with E-state index in [1.165, 1.54) is 15.4 Å². The van der Waals surface area contributed by atoms with Crippen molar-refractivity contribution in [2.75, 3.05) is 42.4 Å². The second-order valence-electron chi connectivity index (χ2n) is 16.7. The van der Waals surface area contributed by atoms with Gasteiger partial charge in [0, 0.05) is 42.4 Å². The van der Waals surface area contributed by atoms with Crippen molar-refractivity contribution in [2.45, 2.75) is 129 Å². The molecule has 2 spiro atoms. The standard InChI is InChI=1S/C23H32N2O4.C20H27NO3.C3H6ClNO.ClH/c1-7-16-13-14(2)12-15(3)18(16)19-20(29-22(27)25(4)5)23(24-21(19)26)10-8-17(28-6)9-11-23;1-5-14-11-12(2)10-13(3)16(14)17-18(22)20(21-19(17)23)8-6-15(24-4)7-9-20;1-5(2)3(4)6;/h12-13,17H,7-11H2,1-6H3,(H,24,26);10-11,15,22H,5-9H2,1-4H3,(H,21,23);1-2H3;1H/p-1. The van der Waals surface area contributed by atoms with Crippen LogP contribution in [0.2, 0.25) is 0 Å². The number of rotatable bonds is 7. The maximum absolute atomic E-state index is 13.3. The molecule has 4 aliphatic rings. The third-order valence-corrected chi connectivity index (χ3v) is 12.4. The van der Waals surface area contributed by atoms with Gasteiger partial charge in [0.2, 0.25) is 0 Å². The van der Waals surface area contributed by atoms with Gasteiger partial charge in [-0.25, -0.2) is 4.79 Å². The molecular weight excluding hydrogens is 807 g/mol. The molecule has 12 nitrogen and oxygen atoms in total. The van der Waals surface area contributed by atoms with Crippen molar-refractivity contribution in [1.29, 1.82) is 0 Å². The summed E-state index contributed by atoms with van der Waals surface area (Å²) in [6.07, 6.45) is 7.67. The largest absolute Gasteiger partial charge is 1.00 e. The van der Waals surface area contributed by atoms with Crippen molar-refractivity contribution in [3.63, 3.8) is 0 Å². The van der Waals surface area contributed by atoms with Crippen LogP contribution in [0.25, 0.3) is 11.1 Å². The highest BCUT2D eigenvalue weighted by Gasteiger charge is 2.51. The summed E-state index contributed by atoms with van der Waals surface area (Å²) in [5.74, 6) is 0.384. The van der Waals surface area contributed by atoms with Crippen molar-refractivity contribution in [2.24, 2.45) is 0 Å². The molecule has 2 saturated carbocycles. The van der Waals surface area contributed by atoms with Gasteiger partial charge < -0.3 is 52.2 Å². The molecule has 2 aromatic rings. The number of aliphatic hydroxyl groups is 1. The summed E-state index contributed by atoms with van der Waals surface area (Å²) in [5, 5.41) is 16.9. The zero-order valence-corrected chi connectivity index (χ0v) is 39.0. The van der Waals surface area contributed by atoms with Gasteiger partial charge in [-0.05, 0) is 137 Å². The van der Waals surface area contributed by atoms with Crippen molar-refractivity contribution in [1.82, 2.24) is 20.4 Å². The third-order valence-electron chi connectivity index (χ3n) is 12.0. The number of hydrogen-bond acceptors (Lipinski definition) is 8. The van der Waals surface area contributed by atoms with Crippen LogP contribution in [0, 0.1) is 27.7 Å². The maximum Gasteiger partial charge on any atom is 0.414 e. The van der Waals surface area contributed by atoms with E-state index in [0.717, 1.165) is 90.3 Å². The van der Waals surface area contributed by atoms with Gasteiger partial charge in [-0.1, -0.05) is 49.2 Å². The van der Waals surface area contributed by atoms with Crippen molar-refractivity contribution in [3.8, 4) is 0 Å². The Hall–Kier alpha value is -4.10. The molecule has 4 amide bonds. The average Bonchev–Trinajstić information content (AvgIpc) is 3.58. The van der Waals surface area contributed by atoms with Crippen molar-refractivity contribution in [3.05, 3.63) is 80.3 Å². The Morgan fingerprint density at radius 1 is 0.717 bits per heavy atom. The second kappa shape index (κ2) is 21.1. The summed E-state index contributed by atoms with van der Waals surface area (Å²) in [7, 11) is 9.92. The lowest BCUT2D eigenvalue weighted by molar-refractivity contribution is -0.117. The first-order valence-electron chi connectivity index (χ1n) is 20.6. The van der Waals surface area contributed by atoms with E-state index in [9.17, 15) is 24.3 Å². The topological polar surface area (TPSA) is 147 Å². The highest BCUT2D eigenvalue weighted by molar-refractivity contribution is 6.62. The number of aryl methyl sites for hydroxylation is 6. The minimum Gasteiger partial charge on any atom is -1.00 e. The van der Waals surface area contributed by atoms with E-state index in [4.69, 9.17) is 25.8 Å². The van der Waals surface area contributed by atoms with Gasteiger partial charge in [-0.2, -0.15) is 0 Å². The van der Waals surface area contributed by atoms with E-state index < -0.39 is 22.5 Å². The fourth-order valence-electron chi connectivity index (χ4n) is 8.89. The molecule has 14 heteroatoms. The molecule has 0 aromatic heterocycles. The van der Waals surface area contributed by atoms with Crippen LogP contribution in [0.15, 0.2) is 35.8 Å². The van der Waals surface area contributed by atoms with Crippen LogP contribution in [-0.4, -0.2) is 104 Å². The first kappa shape index (κ1) is 50.3. The number of nitrogens with one attached hydrogen (secondary N) is 2. The fraction of sp³-hybridized carbons (Fsp3) is 0.565. The Balaban J connectivity index is 0.000000281. The highest BCUT2D eigenvalue weighted by Crippen LogP contribution is 2.46. The Morgan fingerprint density at radius 2 is 1.10 bits per heavy atom. The van der Waals surface area contributed by atoms with E-state index in [1.54, 1.807) is 42.4 Å². The summed E-state index contributed by atoms with van der Waals surface area (Å²) in [6.45, 7) is 12.3. The smallest absolute Gasteiger partial charge is 0.414 e. The molecule has 60 heavy (non-hydrogen) atoms. The van der Waals surface area contributed by atoms with Gasteiger partial charge in [0.1, 0.15) is 11.5 Å². The number of carbonyl (C=O) groups excluding carboxylic acids is 4. The zero-order chi connectivity index (χ0) is 44.0. The van der Waals surface area contributed by atoms with Crippen LogP contribution >= 0.6 is 11.6 Å². The molecular formula is C46H65Cl2N4O8-. The van der Waals surface area contributed by atoms with Gasteiger partial charge in [0.25, 0.3) is 11.8 Å². The SMILES string of the molecule is CCc1cc(C)cc(C)c1C1=C(O)C2(CCC(OC)CC2)NC1=O.CCc1cc(C)cc(C)c1C1=C(OC(=O)N(C)C)C2(CCC(OC)CC2)NC1=O.CN(C)C(=O)Cl.[Cl-]. The molecule has 2 fully saturated rings. The highest BCUT2D eigenvalue weighted by atomic mass is 35.5. The number of benzene rings is 2. The zero-order valence-electron chi connectivity index (χ0n) is 37.5. The minimum atomic E-state index is -0.657. The Bertz CT molecular complexity index is 1980. The third kappa shape index (κ3) is 10.9. The summed E-state index contributed by atoms with van der Waals surface area (Å²) in [4.78, 5) is 51.1. The van der Waals surface area contributed by atoms with Crippen LogP contribution in [0.4, 0.5) is 9.59 Å². The van der Waals surface area contributed by atoms with Crippen LogP contribution < -0.4 is 23.0 Å². The molecule has 3 N–H and O–H groups in total. The summed E-state index contributed by atoms with van der Waals surface area (Å²) >= 11 is 4.90. The Morgan fingerprint density at radius 3 is 1.48 bits per heavy atom. The average molecular weight is 873 g/mol. The molecule has 2 heterocycles. The number of carbonyl (C=O) groups is 4. The Labute approximate surface area is 367 Å². The number of methoxy groups -OCH3 is 2. The van der Waals surface area contributed by atoms with Crippen LogP contribution in [0.1, 0.15) is 110 Å². The van der Waals surface area contributed by atoms with E-state index in [1.807, 2.05) is 13.8 Å². The van der Waals surface area contributed by atoms with E-state index in [-0.39, 0.29) is 42.2 Å². The number of hydrogen-bond donors (Lipinski definition) is 3. The fourth-order valence-corrected chi connectivity index (χ4v) is 8.89. The summed E-state index contributed by atoms with van der Waals surface area (Å²) in [6, 6.07) is 8.38. The van der Waals surface area contributed by atoms with E-state index in [2.05, 4.69) is 62.6 Å². The number of halogens is 2. The normalized spacial score (nSPS) is 23.2. The predicted octanol–water partition coefficient (Wildman–Crippen LogP) is 5.24. The molecule has 0 bridgehead atoms. The summed E-state index contributed by atoms with van der Waals surface area (Å²) < 4.78 is 16.8. The number of ether oxygens (including phenoxy) is 3. The molecule has 0 saturated heterocycles. The van der Waals surface area contributed by atoms with Gasteiger partial charge in [0.05, 0.1) is 34.4 Å². The molecule has 0 unspecified atom stereocenters. The van der Waals surface area contributed by atoms with E-state index >= 15 is 0 Å². The quantitative estimate of drug-likeness (QED) is 0.253. The predicted molar refractivity (Wildman–Crippen MR) is 232 cm³/mol. The van der Waals surface area contributed by atoms with E-state index in [0.29, 0.717) is 29.7 Å². The molecule has 2 aliphatic carbocycles. The molecule has 0 atom stereocenters. The van der Waals surface area contributed by atoms with Gasteiger partial charge in [0.15, 0.2) is 0 Å². The van der Waals surface area contributed by atoms with Crippen LogP contribution in [-0.2, 0) is 36.6 Å².